The molecule has 1 N–H and O–H groups in total. The van der Waals surface area contributed by atoms with Gasteiger partial charge in [0, 0.05) is 24.7 Å². The van der Waals surface area contributed by atoms with Crippen molar-refractivity contribution in [1.29, 1.82) is 0 Å². The van der Waals surface area contributed by atoms with Gasteiger partial charge in [-0.3, -0.25) is 4.79 Å². The molecule has 5 nitrogen and oxygen atoms in total. The van der Waals surface area contributed by atoms with Crippen LogP contribution in [0.1, 0.15) is 26.0 Å². The molecule has 23 heavy (non-hydrogen) atoms. The summed E-state index contributed by atoms with van der Waals surface area (Å²) >= 11 is 1.50. The van der Waals surface area contributed by atoms with Crippen LogP contribution in [0.15, 0.2) is 29.8 Å². The summed E-state index contributed by atoms with van der Waals surface area (Å²) in [7, 11) is 0. The molecule has 1 saturated heterocycles. The lowest BCUT2D eigenvalue weighted by Gasteiger charge is -2.35. The van der Waals surface area contributed by atoms with Crippen LogP contribution in [0.2, 0.25) is 0 Å². The zero-order valence-corrected chi connectivity index (χ0v) is 14.3. The van der Waals surface area contributed by atoms with E-state index in [1.54, 1.807) is 6.20 Å². The highest BCUT2D eigenvalue weighted by Gasteiger charge is 2.25. The molecule has 0 bridgehead atoms. The maximum atomic E-state index is 12.5. The molecular formula is C17H22N4OS. The molecular weight excluding hydrogens is 308 g/mol. The van der Waals surface area contributed by atoms with Crippen LogP contribution in [-0.2, 0) is 11.2 Å². The summed E-state index contributed by atoms with van der Waals surface area (Å²) in [5.74, 6) is 2.11. The lowest BCUT2D eigenvalue weighted by molar-refractivity contribution is -0.133. The second-order valence-electron chi connectivity index (χ2n) is 6.41. The molecule has 0 aliphatic carbocycles. The van der Waals surface area contributed by atoms with Crippen molar-refractivity contribution in [2.75, 3.05) is 18.4 Å². The molecule has 2 unspecified atom stereocenters. The number of pyridine rings is 1. The monoisotopic (exact) mass is 330 g/mol. The van der Waals surface area contributed by atoms with Crippen LogP contribution in [0.4, 0.5) is 10.9 Å². The molecule has 0 spiro atoms. The highest BCUT2D eigenvalue weighted by Crippen LogP contribution is 2.23. The van der Waals surface area contributed by atoms with Gasteiger partial charge in [0.2, 0.25) is 5.91 Å². The summed E-state index contributed by atoms with van der Waals surface area (Å²) < 4.78 is 0. The largest absolute Gasteiger partial charge is 0.342 e. The zero-order chi connectivity index (χ0) is 16.2. The minimum Gasteiger partial charge on any atom is -0.342 e. The third-order valence-electron chi connectivity index (χ3n) is 4.01. The molecule has 2 aromatic heterocycles. The molecule has 3 heterocycles. The Hall–Kier alpha value is -1.95. The first-order valence-electron chi connectivity index (χ1n) is 8.00. The van der Waals surface area contributed by atoms with Crippen molar-refractivity contribution >= 4 is 28.2 Å². The number of amides is 1. The molecule has 3 rings (SSSR count). The summed E-state index contributed by atoms with van der Waals surface area (Å²) in [4.78, 5) is 23.2. The van der Waals surface area contributed by atoms with Gasteiger partial charge in [0.1, 0.15) is 5.82 Å². The van der Waals surface area contributed by atoms with Crippen molar-refractivity contribution in [3.8, 4) is 0 Å². The number of carbonyl (C=O) groups excluding carboxylic acids is 1. The molecule has 1 aliphatic heterocycles. The van der Waals surface area contributed by atoms with Gasteiger partial charge in [-0.1, -0.05) is 19.9 Å². The number of carbonyl (C=O) groups is 1. The quantitative estimate of drug-likeness (QED) is 0.934. The summed E-state index contributed by atoms with van der Waals surface area (Å²) in [6.45, 7) is 6.17. The van der Waals surface area contributed by atoms with E-state index in [9.17, 15) is 4.79 Å². The normalized spacial score (nSPS) is 21.2. The molecule has 1 fully saturated rings. The molecule has 0 saturated carbocycles. The van der Waals surface area contributed by atoms with Gasteiger partial charge in [0.05, 0.1) is 12.1 Å². The van der Waals surface area contributed by atoms with E-state index in [0.717, 1.165) is 29.7 Å². The Balaban J connectivity index is 1.59. The maximum Gasteiger partial charge on any atom is 0.228 e. The Morgan fingerprint density at radius 1 is 1.35 bits per heavy atom. The number of likely N-dealkylation sites (tertiary alicyclic amines) is 1. The van der Waals surface area contributed by atoms with Crippen molar-refractivity contribution in [3.63, 3.8) is 0 Å². The van der Waals surface area contributed by atoms with Crippen molar-refractivity contribution < 1.29 is 4.79 Å². The first-order valence-corrected chi connectivity index (χ1v) is 8.88. The third kappa shape index (κ3) is 4.28. The fourth-order valence-corrected chi connectivity index (χ4v) is 3.84. The van der Waals surface area contributed by atoms with E-state index in [-0.39, 0.29) is 5.91 Å². The molecule has 1 amide bonds. The predicted octanol–water partition coefficient (Wildman–Crippen LogP) is 3.33. The SMILES string of the molecule is CC1CC(C)CN(C(=O)Cc2csc(Nc3ccccn3)n2)C1. The summed E-state index contributed by atoms with van der Waals surface area (Å²) in [6.07, 6.45) is 3.32. The third-order valence-corrected chi connectivity index (χ3v) is 4.81. The number of aromatic nitrogens is 2. The second kappa shape index (κ2) is 7.08. The van der Waals surface area contributed by atoms with Gasteiger partial charge in [-0.15, -0.1) is 11.3 Å². The molecule has 122 valence electrons. The average molecular weight is 330 g/mol. The lowest BCUT2D eigenvalue weighted by Crippen LogP contribution is -2.43. The molecule has 6 heteroatoms. The molecule has 0 aromatic carbocycles. The average Bonchev–Trinajstić information content (AvgIpc) is 2.94. The first-order chi connectivity index (χ1) is 11.1. The minimum atomic E-state index is 0.179. The van der Waals surface area contributed by atoms with E-state index in [1.807, 2.05) is 28.5 Å². The molecule has 2 atom stereocenters. The van der Waals surface area contributed by atoms with E-state index >= 15 is 0 Å². The standard InChI is InChI=1S/C17H22N4OS/c1-12-7-13(2)10-21(9-12)16(22)8-14-11-23-17(19-14)20-15-5-3-4-6-18-15/h3-6,11-13H,7-10H2,1-2H3,(H,18,19,20). The first kappa shape index (κ1) is 15.9. The molecule has 1 aliphatic rings. The maximum absolute atomic E-state index is 12.5. The Morgan fingerprint density at radius 2 is 2.13 bits per heavy atom. The smallest absolute Gasteiger partial charge is 0.228 e. The topological polar surface area (TPSA) is 58.1 Å². The zero-order valence-electron chi connectivity index (χ0n) is 13.5. The van der Waals surface area contributed by atoms with E-state index in [1.165, 1.54) is 17.8 Å². The van der Waals surface area contributed by atoms with Crippen molar-refractivity contribution in [2.45, 2.75) is 26.7 Å². The molecule has 0 radical (unpaired) electrons. The van der Waals surface area contributed by atoms with E-state index in [0.29, 0.717) is 18.3 Å². The number of rotatable bonds is 4. The van der Waals surface area contributed by atoms with Gasteiger partial charge in [-0.2, -0.15) is 0 Å². The number of nitrogens with zero attached hydrogens (tertiary/aromatic N) is 3. The second-order valence-corrected chi connectivity index (χ2v) is 7.26. The lowest BCUT2D eigenvalue weighted by atomic mass is 9.92. The fraction of sp³-hybridized carbons (Fsp3) is 0.471. The minimum absolute atomic E-state index is 0.179. The van der Waals surface area contributed by atoms with Gasteiger partial charge in [-0.05, 0) is 30.4 Å². The van der Waals surface area contributed by atoms with Gasteiger partial charge in [0.25, 0.3) is 0 Å². The Morgan fingerprint density at radius 3 is 2.83 bits per heavy atom. The highest BCUT2D eigenvalue weighted by atomic mass is 32.1. The van der Waals surface area contributed by atoms with E-state index in [4.69, 9.17) is 0 Å². The van der Waals surface area contributed by atoms with Crippen molar-refractivity contribution in [2.24, 2.45) is 11.8 Å². The number of hydrogen-bond donors (Lipinski definition) is 1. The Kier molecular flexibility index (Phi) is 4.91. The predicted molar refractivity (Wildman–Crippen MR) is 92.9 cm³/mol. The Bertz CT molecular complexity index is 648. The van der Waals surface area contributed by atoms with Crippen molar-refractivity contribution in [1.82, 2.24) is 14.9 Å². The van der Waals surface area contributed by atoms with Crippen LogP contribution < -0.4 is 5.32 Å². The summed E-state index contributed by atoms with van der Waals surface area (Å²) in [5.41, 5.74) is 0.823. The van der Waals surface area contributed by atoms with Crippen LogP contribution in [-0.4, -0.2) is 33.9 Å². The van der Waals surface area contributed by atoms with Crippen molar-refractivity contribution in [3.05, 3.63) is 35.5 Å². The molecule has 2 aromatic rings. The van der Waals surface area contributed by atoms with Gasteiger partial charge < -0.3 is 10.2 Å². The number of piperidine rings is 1. The number of nitrogens with one attached hydrogen (secondary N) is 1. The van der Waals surface area contributed by atoms with Crippen LogP contribution in [0.3, 0.4) is 0 Å². The number of anilines is 2. The van der Waals surface area contributed by atoms with E-state index < -0.39 is 0 Å². The van der Waals surface area contributed by atoms with Crippen LogP contribution >= 0.6 is 11.3 Å². The van der Waals surface area contributed by atoms with Gasteiger partial charge in [-0.25, -0.2) is 9.97 Å². The summed E-state index contributed by atoms with van der Waals surface area (Å²) in [5, 5.41) is 5.88. The van der Waals surface area contributed by atoms with Gasteiger partial charge >= 0.3 is 0 Å². The van der Waals surface area contributed by atoms with Crippen LogP contribution in [0, 0.1) is 11.8 Å². The highest BCUT2D eigenvalue weighted by molar-refractivity contribution is 7.13. The van der Waals surface area contributed by atoms with Crippen LogP contribution in [0.25, 0.3) is 0 Å². The fourth-order valence-electron chi connectivity index (χ4n) is 3.13. The van der Waals surface area contributed by atoms with E-state index in [2.05, 4.69) is 29.1 Å². The van der Waals surface area contributed by atoms with Gasteiger partial charge in [0.15, 0.2) is 5.13 Å². The van der Waals surface area contributed by atoms with Crippen LogP contribution in [0.5, 0.6) is 0 Å². The number of hydrogen-bond acceptors (Lipinski definition) is 5. The Labute approximate surface area is 140 Å². The summed E-state index contributed by atoms with van der Waals surface area (Å²) in [6, 6.07) is 5.69. The number of thiazole rings is 1.